The number of furan rings is 1. The average Bonchev–Trinajstić information content (AvgIpc) is 2.85. The Hall–Kier alpha value is -1.01. The Kier molecular flexibility index (Phi) is 5.72. The molecule has 0 aliphatic heterocycles. The highest BCUT2D eigenvalue weighted by atomic mass is 127. The molecule has 0 unspecified atom stereocenters. The predicted molar refractivity (Wildman–Crippen MR) is 87.5 cm³/mol. The summed E-state index contributed by atoms with van der Waals surface area (Å²) in [6, 6.07) is 14.5. The van der Waals surface area contributed by atoms with Crippen LogP contribution in [0, 0.1) is 3.77 Å². The number of hydrogen-bond acceptors (Lipinski definition) is 3. The molecule has 2 rings (SSSR count). The van der Waals surface area contributed by atoms with Gasteiger partial charge >= 0.3 is 0 Å². The van der Waals surface area contributed by atoms with Gasteiger partial charge in [0.1, 0.15) is 5.76 Å². The minimum Gasteiger partial charge on any atom is -0.454 e. The zero-order valence-corrected chi connectivity index (χ0v) is 13.3. The van der Waals surface area contributed by atoms with E-state index < -0.39 is 0 Å². The molecule has 4 heteroatoms. The zero-order valence-electron chi connectivity index (χ0n) is 11.1. The van der Waals surface area contributed by atoms with E-state index in [0.717, 1.165) is 35.6 Å². The van der Waals surface area contributed by atoms with Gasteiger partial charge in [-0.25, -0.2) is 0 Å². The Morgan fingerprint density at radius 2 is 1.95 bits per heavy atom. The molecule has 0 aliphatic carbocycles. The molecule has 19 heavy (non-hydrogen) atoms. The van der Waals surface area contributed by atoms with E-state index in [0.29, 0.717) is 0 Å². The van der Waals surface area contributed by atoms with Crippen LogP contribution < -0.4 is 10.2 Å². The molecule has 0 spiro atoms. The van der Waals surface area contributed by atoms with Crippen LogP contribution in [0.15, 0.2) is 46.9 Å². The van der Waals surface area contributed by atoms with Crippen LogP contribution in [0.5, 0.6) is 0 Å². The van der Waals surface area contributed by atoms with Gasteiger partial charge in [-0.3, -0.25) is 0 Å². The van der Waals surface area contributed by atoms with Gasteiger partial charge in [-0.15, -0.1) is 0 Å². The van der Waals surface area contributed by atoms with Gasteiger partial charge in [0, 0.05) is 19.3 Å². The molecular formula is C15H19IN2O. The van der Waals surface area contributed by atoms with Gasteiger partial charge in [-0.1, -0.05) is 18.2 Å². The van der Waals surface area contributed by atoms with Crippen LogP contribution in [-0.2, 0) is 6.54 Å². The van der Waals surface area contributed by atoms with Crippen LogP contribution in [0.3, 0.4) is 0 Å². The van der Waals surface area contributed by atoms with Gasteiger partial charge in [-0.2, -0.15) is 0 Å². The number of para-hydroxylation sites is 1. The lowest BCUT2D eigenvalue weighted by Crippen LogP contribution is -2.23. The average molecular weight is 370 g/mol. The molecule has 0 saturated carbocycles. The van der Waals surface area contributed by atoms with E-state index in [9.17, 15) is 0 Å². The SMILES string of the molecule is CN(CCCNCc1ccc(I)o1)c1ccccc1. The van der Waals surface area contributed by atoms with Crippen molar-refractivity contribution in [1.82, 2.24) is 5.32 Å². The van der Waals surface area contributed by atoms with E-state index in [4.69, 9.17) is 4.42 Å². The van der Waals surface area contributed by atoms with Gasteiger partial charge < -0.3 is 14.6 Å². The predicted octanol–water partition coefficient (Wildman–Crippen LogP) is 3.50. The lowest BCUT2D eigenvalue weighted by atomic mass is 10.3. The second-order valence-electron chi connectivity index (χ2n) is 4.49. The molecule has 2 aromatic rings. The number of nitrogens with one attached hydrogen (secondary N) is 1. The zero-order chi connectivity index (χ0) is 13.5. The standard InChI is InChI=1S/C15H19IN2O/c1-18(13-6-3-2-4-7-13)11-5-10-17-12-14-8-9-15(16)19-14/h2-4,6-9,17H,5,10-12H2,1H3. The Balaban J connectivity index is 1.62. The van der Waals surface area contributed by atoms with Crippen LogP contribution >= 0.6 is 22.6 Å². The molecule has 0 fully saturated rings. The number of nitrogens with zero attached hydrogens (tertiary/aromatic N) is 1. The summed E-state index contributed by atoms with van der Waals surface area (Å²) in [5.74, 6) is 1.00. The second kappa shape index (κ2) is 7.55. The Bertz CT molecular complexity index is 484. The molecule has 0 radical (unpaired) electrons. The summed E-state index contributed by atoms with van der Waals surface area (Å²) in [7, 11) is 2.13. The molecule has 3 nitrogen and oxygen atoms in total. The third-order valence-corrected chi connectivity index (χ3v) is 3.55. The quantitative estimate of drug-likeness (QED) is 0.598. The molecular weight excluding hydrogens is 351 g/mol. The van der Waals surface area contributed by atoms with Gasteiger partial charge in [0.2, 0.25) is 0 Å². The summed E-state index contributed by atoms with van der Waals surface area (Å²) in [5, 5.41) is 3.40. The van der Waals surface area contributed by atoms with Crippen LogP contribution in [-0.4, -0.2) is 20.1 Å². The molecule has 0 bridgehead atoms. The van der Waals surface area contributed by atoms with Crippen molar-refractivity contribution in [2.45, 2.75) is 13.0 Å². The maximum atomic E-state index is 5.49. The van der Waals surface area contributed by atoms with Crippen LogP contribution in [0.2, 0.25) is 0 Å². The third kappa shape index (κ3) is 4.87. The lowest BCUT2D eigenvalue weighted by Gasteiger charge is -2.19. The Morgan fingerprint density at radius 1 is 1.16 bits per heavy atom. The molecule has 1 aromatic carbocycles. The fourth-order valence-corrected chi connectivity index (χ4v) is 2.37. The first-order valence-electron chi connectivity index (χ1n) is 6.47. The first-order valence-corrected chi connectivity index (χ1v) is 7.55. The molecule has 0 saturated heterocycles. The summed E-state index contributed by atoms with van der Waals surface area (Å²) >= 11 is 2.18. The first-order chi connectivity index (χ1) is 9.25. The molecule has 1 aromatic heterocycles. The van der Waals surface area contributed by atoms with Crippen molar-refractivity contribution in [3.63, 3.8) is 0 Å². The van der Waals surface area contributed by atoms with E-state index in [1.807, 2.05) is 18.2 Å². The summed E-state index contributed by atoms with van der Waals surface area (Å²) in [5.41, 5.74) is 1.27. The number of anilines is 1. The largest absolute Gasteiger partial charge is 0.454 e. The second-order valence-corrected chi connectivity index (χ2v) is 5.56. The highest BCUT2D eigenvalue weighted by Gasteiger charge is 2.00. The van der Waals surface area contributed by atoms with Crippen molar-refractivity contribution in [3.05, 3.63) is 52.0 Å². The maximum absolute atomic E-state index is 5.49. The number of hydrogen-bond donors (Lipinski definition) is 1. The van der Waals surface area contributed by atoms with Crippen molar-refractivity contribution >= 4 is 28.3 Å². The Labute approximate surface area is 128 Å². The van der Waals surface area contributed by atoms with Crippen LogP contribution in [0.25, 0.3) is 0 Å². The van der Waals surface area contributed by atoms with E-state index >= 15 is 0 Å². The third-order valence-electron chi connectivity index (χ3n) is 2.97. The van der Waals surface area contributed by atoms with E-state index in [1.54, 1.807) is 0 Å². The maximum Gasteiger partial charge on any atom is 0.164 e. The molecule has 1 heterocycles. The van der Waals surface area contributed by atoms with Crippen molar-refractivity contribution in [3.8, 4) is 0 Å². The fourth-order valence-electron chi connectivity index (χ4n) is 1.91. The van der Waals surface area contributed by atoms with Gasteiger partial charge in [0.25, 0.3) is 0 Å². The van der Waals surface area contributed by atoms with Gasteiger partial charge in [0.15, 0.2) is 3.77 Å². The molecule has 1 N–H and O–H groups in total. The fraction of sp³-hybridized carbons (Fsp3) is 0.333. The van der Waals surface area contributed by atoms with Crippen LogP contribution in [0.1, 0.15) is 12.2 Å². The summed E-state index contributed by atoms with van der Waals surface area (Å²) in [4.78, 5) is 2.28. The van der Waals surface area contributed by atoms with Gasteiger partial charge in [0.05, 0.1) is 6.54 Å². The van der Waals surface area contributed by atoms with E-state index in [2.05, 4.69) is 64.1 Å². The monoisotopic (exact) mass is 370 g/mol. The van der Waals surface area contributed by atoms with Crippen molar-refractivity contribution in [2.24, 2.45) is 0 Å². The highest BCUT2D eigenvalue weighted by Crippen LogP contribution is 2.11. The molecule has 0 atom stereocenters. The minimum atomic E-state index is 0.804. The smallest absolute Gasteiger partial charge is 0.164 e. The van der Waals surface area contributed by atoms with Gasteiger partial charge in [-0.05, 0) is 59.8 Å². The first kappa shape index (κ1) is 14.4. The molecule has 0 aliphatic rings. The lowest BCUT2D eigenvalue weighted by molar-refractivity contribution is 0.462. The summed E-state index contributed by atoms with van der Waals surface area (Å²) in [6.45, 7) is 2.85. The topological polar surface area (TPSA) is 28.4 Å². The minimum absolute atomic E-state index is 0.804. The summed E-state index contributed by atoms with van der Waals surface area (Å²) in [6.07, 6.45) is 1.11. The number of benzene rings is 1. The van der Waals surface area contributed by atoms with E-state index in [1.165, 1.54) is 5.69 Å². The number of rotatable bonds is 7. The van der Waals surface area contributed by atoms with E-state index in [-0.39, 0.29) is 0 Å². The Morgan fingerprint density at radius 3 is 2.63 bits per heavy atom. The molecule has 102 valence electrons. The normalized spacial score (nSPS) is 10.6. The van der Waals surface area contributed by atoms with Crippen LogP contribution in [0.4, 0.5) is 5.69 Å². The summed E-state index contributed by atoms with van der Waals surface area (Å²) < 4.78 is 6.44. The number of halogens is 1. The highest BCUT2D eigenvalue weighted by molar-refractivity contribution is 14.1. The van der Waals surface area contributed by atoms with Crippen molar-refractivity contribution in [1.29, 1.82) is 0 Å². The van der Waals surface area contributed by atoms with Crippen molar-refractivity contribution in [2.75, 3.05) is 25.0 Å². The molecule has 0 amide bonds. The van der Waals surface area contributed by atoms with Crippen molar-refractivity contribution < 1.29 is 4.42 Å².